The van der Waals surface area contributed by atoms with Crippen LogP contribution in [0.15, 0.2) is 78.9 Å². The summed E-state index contributed by atoms with van der Waals surface area (Å²) >= 11 is 0. The minimum atomic E-state index is -1.19. The van der Waals surface area contributed by atoms with Crippen LogP contribution in [0.1, 0.15) is 36.0 Å². The van der Waals surface area contributed by atoms with Crippen LogP contribution < -0.4 is 5.32 Å². The first-order valence-corrected chi connectivity index (χ1v) is 14.3. The molecule has 3 aromatic carbocycles. The van der Waals surface area contributed by atoms with Crippen LogP contribution in [-0.2, 0) is 20.9 Å². The summed E-state index contributed by atoms with van der Waals surface area (Å²) in [6.45, 7) is 4.10. The Morgan fingerprint density at radius 2 is 1.56 bits per heavy atom. The molecule has 0 spiro atoms. The molecule has 8 heteroatoms. The molecule has 2 amide bonds. The van der Waals surface area contributed by atoms with Crippen LogP contribution in [0.4, 0.5) is 4.79 Å². The lowest BCUT2D eigenvalue weighted by Crippen LogP contribution is -2.61. The Bertz CT molecular complexity index is 1410. The normalized spacial score (nSPS) is 23.7. The van der Waals surface area contributed by atoms with E-state index in [1.54, 1.807) is 4.90 Å². The van der Waals surface area contributed by atoms with Gasteiger partial charge in [-0.2, -0.15) is 0 Å². The Morgan fingerprint density at radius 3 is 2.20 bits per heavy atom. The molecule has 3 atom stereocenters. The molecule has 2 N–H and O–H groups in total. The summed E-state index contributed by atoms with van der Waals surface area (Å²) < 4.78 is 5.84. The van der Waals surface area contributed by atoms with Gasteiger partial charge < -0.3 is 20.1 Å². The topological polar surface area (TPSA) is 99.2 Å². The maximum absolute atomic E-state index is 14.0. The maximum Gasteiger partial charge on any atom is 0.408 e. The molecule has 41 heavy (non-hydrogen) atoms. The van der Waals surface area contributed by atoms with Gasteiger partial charge in [-0.15, -0.1) is 0 Å². The Balaban J connectivity index is 1.19. The molecule has 212 valence electrons. The highest BCUT2D eigenvalue weighted by molar-refractivity contribution is 5.91. The predicted octanol–water partition coefficient (Wildman–Crippen LogP) is 4.35. The number of carbonyl (C=O) groups is 3. The van der Waals surface area contributed by atoms with E-state index in [2.05, 4.69) is 34.5 Å². The minimum absolute atomic E-state index is 0.0892. The molecule has 2 saturated heterocycles. The Kier molecular flexibility index (Phi) is 7.26. The summed E-state index contributed by atoms with van der Waals surface area (Å²) in [6.07, 6.45) is -0.213. The Labute approximate surface area is 239 Å². The van der Waals surface area contributed by atoms with Crippen molar-refractivity contribution in [3.63, 3.8) is 0 Å². The minimum Gasteiger partial charge on any atom is -0.481 e. The van der Waals surface area contributed by atoms with E-state index in [4.69, 9.17) is 4.74 Å². The monoisotopic (exact) mass is 553 g/mol. The van der Waals surface area contributed by atoms with E-state index in [-0.39, 0.29) is 30.9 Å². The van der Waals surface area contributed by atoms with Crippen molar-refractivity contribution in [3.05, 3.63) is 95.6 Å². The highest BCUT2D eigenvalue weighted by atomic mass is 16.5. The molecule has 6 rings (SSSR count). The number of alkyl carbamates (subject to hydrolysis) is 1. The van der Waals surface area contributed by atoms with E-state index < -0.39 is 23.5 Å². The summed E-state index contributed by atoms with van der Waals surface area (Å²) in [5, 5.41) is 12.6. The van der Waals surface area contributed by atoms with E-state index in [1.807, 2.05) is 61.5 Å². The van der Waals surface area contributed by atoms with Crippen LogP contribution >= 0.6 is 0 Å². The number of carbonyl (C=O) groups excluding carboxylic acids is 2. The summed E-state index contributed by atoms with van der Waals surface area (Å²) in [7, 11) is 0. The second-order valence-corrected chi connectivity index (χ2v) is 11.6. The number of fused-ring (bicyclic) bond motifs is 3. The van der Waals surface area contributed by atoms with Gasteiger partial charge in [0.15, 0.2) is 0 Å². The molecule has 0 radical (unpaired) electrons. The second kappa shape index (κ2) is 11.0. The van der Waals surface area contributed by atoms with Gasteiger partial charge in [-0.25, -0.2) is 4.79 Å². The number of carboxylic acid groups (broad SMARTS) is 1. The number of likely N-dealkylation sites (tertiary alicyclic amines) is 2. The van der Waals surface area contributed by atoms with Gasteiger partial charge in [-0.3, -0.25) is 14.5 Å². The third kappa shape index (κ3) is 5.20. The first-order valence-electron chi connectivity index (χ1n) is 14.3. The van der Waals surface area contributed by atoms with Crippen molar-refractivity contribution in [2.45, 2.75) is 31.3 Å². The molecule has 2 fully saturated rings. The van der Waals surface area contributed by atoms with Crippen molar-refractivity contribution in [2.24, 2.45) is 11.8 Å². The standard InChI is InChI=1S/C33H35N3O5/c1-22-17-36(19-28(22)30(37)38)31(39)33(15-16-35(21-33)18-23-9-3-2-4-10-23)34-32(40)41-20-29-26-13-7-5-11-24(26)25-12-6-8-14-27(25)29/h2-14,22,28-29H,15-21H2,1H3,(H,34,40)(H,37,38). The molecule has 0 aromatic heterocycles. The average Bonchev–Trinajstić information content (AvgIpc) is 3.66. The number of amides is 2. The van der Waals surface area contributed by atoms with Crippen molar-refractivity contribution in [1.82, 2.24) is 15.1 Å². The fourth-order valence-corrected chi connectivity index (χ4v) is 6.78. The number of hydrogen-bond acceptors (Lipinski definition) is 5. The van der Waals surface area contributed by atoms with Gasteiger partial charge in [0, 0.05) is 38.6 Å². The van der Waals surface area contributed by atoms with Gasteiger partial charge in [0.1, 0.15) is 12.1 Å². The maximum atomic E-state index is 14.0. The Hall–Kier alpha value is -4.17. The molecule has 0 bridgehead atoms. The fourth-order valence-electron chi connectivity index (χ4n) is 6.78. The summed E-state index contributed by atoms with van der Waals surface area (Å²) in [5.41, 5.74) is 4.46. The SMILES string of the molecule is CC1CN(C(=O)C2(NC(=O)OCC3c4ccccc4-c4ccccc43)CCN(Cc3ccccc3)C2)CC1C(=O)O. The smallest absolute Gasteiger partial charge is 0.408 e. The van der Waals surface area contributed by atoms with Gasteiger partial charge in [-0.1, -0.05) is 85.8 Å². The third-order valence-corrected chi connectivity index (χ3v) is 8.91. The Morgan fingerprint density at radius 1 is 0.927 bits per heavy atom. The van der Waals surface area contributed by atoms with Crippen LogP contribution in [-0.4, -0.2) is 71.2 Å². The molecule has 3 unspecified atom stereocenters. The largest absolute Gasteiger partial charge is 0.481 e. The molecule has 1 aliphatic carbocycles. The number of ether oxygens (including phenoxy) is 1. The lowest BCUT2D eigenvalue weighted by Gasteiger charge is -2.33. The first-order chi connectivity index (χ1) is 19.8. The third-order valence-electron chi connectivity index (χ3n) is 8.91. The lowest BCUT2D eigenvalue weighted by molar-refractivity contribution is -0.142. The number of nitrogens with one attached hydrogen (secondary N) is 1. The van der Waals surface area contributed by atoms with Crippen LogP contribution in [0.5, 0.6) is 0 Å². The molecule has 3 aromatic rings. The van der Waals surface area contributed by atoms with Crippen molar-refractivity contribution in [2.75, 3.05) is 32.8 Å². The zero-order valence-corrected chi connectivity index (χ0v) is 23.2. The number of carboxylic acids is 1. The van der Waals surface area contributed by atoms with Crippen molar-refractivity contribution in [3.8, 4) is 11.1 Å². The molecular formula is C33H35N3O5. The average molecular weight is 554 g/mol. The summed E-state index contributed by atoms with van der Waals surface area (Å²) in [4.78, 5) is 43.0. The number of benzene rings is 3. The highest BCUT2D eigenvalue weighted by Gasteiger charge is 2.51. The molecule has 3 aliphatic rings. The molecule has 2 heterocycles. The first kappa shape index (κ1) is 27.0. The second-order valence-electron chi connectivity index (χ2n) is 11.6. The number of hydrogen-bond donors (Lipinski definition) is 2. The van der Waals surface area contributed by atoms with Crippen LogP contribution in [0.2, 0.25) is 0 Å². The molecule has 2 aliphatic heterocycles. The van der Waals surface area contributed by atoms with Gasteiger partial charge in [0.2, 0.25) is 5.91 Å². The zero-order chi connectivity index (χ0) is 28.6. The number of rotatable bonds is 7. The van der Waals surface area contributed by atoms with E-state index >= 15 is 0 Å². The zero-order valence-electron chi connectivity index (χ0n) is 23.2. The highest BCUT2D eigenvalue weighted by Crippen LogP contribution is 2.44. The molecule has 8 nitrogen and oxygen atoms in total. The van der Waals surface area contributed by atoms with Gasteiger partial charge in [0.05, 0.1) is 5.92 Å². The van der Waals surface area contributed by atoms with E-state index in [0.29, 0.717) is 32.6 Å². The van der Waals surface area contributed by atoms with Gasteiger partial charge >= 0.3 is 12.1 Å². The van der Waals surface area contributed by atoms with Crippen LogP contribution in [0.3, 0.4) is 0 Å². The molecule has 0 saturated carbocycles. The summed E-state index contributed by atoms with van der Waals surface area (Å²) in [6, 6.07) is 26.3. The number of aliphatic carboxylic acids is 1. The van der Waals surface area contributed by atoms with Crippen molar-refractivity contribution < 1.29 is 24.2 Å². The quantitative estimate of drug-likeness (QED) is 0.452. The predicted molar refractivity (Wildman–Crippen MR) is 154 cm³/mol. The van der Waals surface area contributed by atoms with Crippen molar-refractivity contribution in [1.29, 1.82) is 0 Å². The van der Waals surface area contributed by atoms with Crippen molar-refractivity contribution >= 4 is 18.0 Å². The van der Waals surface area contributed by atoms with Crippen LogP contribution in [0.25, 0.3) is 11.1 Å². The van der Waals surface area contributed by atoms with E-state index in [0.717, 1.165) is 27.8 Å². The summed E-state index contributed by atoms with van der Waals surface area (Å²) in [5.74, 6) is -2.01. The van der Waals surface area contributed by atoms with E-state index in [1.165, 1.54) is 0 Å². The van der Waals surface area contributed by atoms with Gasteiger partial charge in [0.25, 0.3) is 0 Å². The van der Waals surface area contributed by atoms with Gasteiger partial charge in [-0.05, 0) is 40.2 Å². The lowest BCUT2D eigenvalue weighted by atomic mass is 9.96. The van der Waals surface area contributed by atoms with Crippen LogP contribution in [0, 0.1) is 11.8 Å². The van der Waals surface area contributed by atoms with E-state index in [9.17, 15) is 19.5 Å². The number of nitrogens with zero attached hydrogens (tertiary/aromatic N) is 2. The fraction of sp³-hybridized carbons (Fsp3) is 0.364. The molecular weight excluding hydrogens is 518 g/mol.